The van der Waals surface area contributed by atoms with Crippen LogP contribution >= 0.6 is 0 Å². The summed E-state index contributed by atoms with van der Waals surface area (Å²) in [6.45, 7) is 4.09. The quantitative estimate of drug-likeness (QED) is 0.215. The second-order valence-electron chi connectivity index (χ2n) is 7.16. The zero-order chi connectivity index (χ0) is 20.7. The molecule has 1 saturated heterocycles. The van der Waals surface area contributed by atoms with E-state index < -0.39 is 17.9 Å². The molecule has 154 valence electrons. The molecule has 0 aromatic carbocycles. The number of hydroxylamine groups is 2. The number of aromatic nitrogens is 1. The summed E-state index contributed by atoms with van der Waals surface area (Å²) in [5.74, 6) is -1.14. The van der Waals surface area contributed by atoms with Crippen LogP contribution in [0.1, 0.15) is 44.6 Å². The number of nitrogens with one attached hydrogen (secondary N) is 1. The molecule has 9 nitrogen and oxygen atoms in total. The molecular formula is C19H28N4O5. The van der Waals surface area contributed by atoms with E-state index in [9.17, 15) is 24.8 Å². The lowest BCUT2D eigenvalue weighted by atomic mass is 9.99. The molecule has 9 heteroatoms. The number of rotatable bonds is 9. The lowest BCUT2D eigenvalue weighted by molar-refractivity contribution is -0.590. The molecule has 3 amide bonds. The van der Waals surface area contributed by atoms with Crippen LogP contribution in [0.2, 0.25) is 0 Å². The molecule has 28 heavy (non-hydrogen) atoms. The van der Waals surface area contributed by atoms with Crippen molar-refractivity contribution in [2.75, 3.05) is 18.4 Å². The van der Waals surface area contributed by atoms with Crippen molar-refractivity contribution in [2.24, 2.45) is 5.92 Å². The average molecular weight is 392 g/mol. The number of amides is 3. The zero-order valence-electron chi connectivity index (χ0n) is 16.3. The Hall–Kier alpha value is -2.68. The molecule has 2 atom stereocenters. The highest BCUT2D eigenvalue weighted by atomic mass is 16.5. The topological polar surface area (TPSA) is 117 Å². The van der Waals surface area contributed by atoms with Gasteiger partial charge in [-0.3, -0.25) is 14.8 Å². The minimum absolute atomic E-state index is 0.105. The molecular weight excluding hydrogens is 364 g/mol. The number of carbonyl (C=O) groups is 3. The van der Waals surface area contributed by atoms with Crippen molar-refractivity contribution in [1.29, 1.82) is 0 Å². The summed E-state index contributed by atoms with van der Waals surface area (Å²) in [5.41, 5.74) is 0.771. The third kappa shape index (κ3) is 5.41. The predicted octanol–water partition coefficient (Wildman–Crippen LogP) is 1.21. The minimum Gasteiger partial charge on any atom is -0.711 e. The molecule has 2 heterocycles. The third-order valence-corrected chi connectivity index (χ3v) is 4.94. The monoisotopic (exact) mass is 392 g/mol. The van der Waals surface area contributed by atoms with E-state index >= 15 is 0 Å². The first-order valence-corrected chi connectivity index (χ1v) is 9.59. The molecule has 0 aliphatic carbocycles. The van der Waals surface area contributed by atoms with Crippen LogP contribution in [0.5, 0.6) is 0 Å². The largest absolute Gasteiger partial charge is 0.711 e. The van der Waals surface area contributed by atoms with Crippen molar-refractivity contribution in [2.45, 2.75) is 52.0 Å². The molecule has 2 rings (SSSR count). The van der Waals surface area contributed by atoms with Crippen molar-refractivity contribution in [3.8, 4) is 0 Å². The molecule has 1 aliphatic heterocycles. The summed E-state index contributed by atoms with van der Waals surface area (Å²) >= 11 is 0. The Kier molecular flexibility index (Phi) is 7.74. The van der Waals surface area contributed by atoms with Gasteiger partial charge in [-0.2, -0.15) is 0 Å². The number of hydrogen-bond donors (Lipinski definition) is 2. The lowest BCUT2D eigenvalue weighted by Crippen LogP contribution is -2.48. The molecule has 0 bridgehead atoms. The van der Waals surface area contributed by atoms with Gasteiger partial charge in [-0.1, -0.05) is 19.8 Å². The van der Waals surface area contributed by atoms with Crippen molar-refractivity contribution in [1.82, 2.24) is 9.96 Å². The highest BCUT2D eigenvalue weighted by molar-refractivity contribution is 5.96. The summed E-state index contributed by atoms with van der Waals surface area (Å²) in [5, 5.41) is 24.5. The Morgan fingerprint density at radius 1 is 1.50 bits per heavy atom. The average Bonchev–Trinajstić information content (AvgIpc) is 3.16. The van der Waals surface area contributed by atoms with E-state index in [4.69, 9.17) is 0 Å². The van der Waals surface area contributed by atoms with Gasteiger partial charge >= 0.3 is 5.91 Å². The number of carbonyl (C=O) groups excluding carboxylic acids is 3. The maximum atomic E-state index is 13.0. The van der Waals surface area contributed by atoms with Crippen molar-refractivity contribution in [3.63, 3.8) is 0 Å². The van der Waals surface area contributed by atoms with Gasteiger partial charge in [-0.25, -0.2) is 19.9 Å². The van der Waals surface area contributed by atoms with E-state index in [1.54, 1.807) is 13.0 Å². The Balaban J connectivity index is 2.10. The number of hydrogen-bond acceptors (Lipinski definition) is 5. The maximum Gasteiger partial charge on any atom is 0.330 e. The highest BCUT2D eigenvalue weighted by Gasteiger charge is 2.39. The number of aryl methyl sites for hydroxylation is 1. The highest BCUT2D eigenvalue weighted by Crippen LogP contribution is 2.23. The van der Waals surface area contributed by atoms with Gasteiger partial charge in [0.2, 0.25) is 12.3 Å². The van der Waals surface area contributed by atoms with Crippen LogP contribution in [0.3, 0.4) is 0 Å². The molecule has 0 spiro atoms. The third-order valence-electron chi connectivity index (χ3n) is 4.94. The normalized spacial score (nSPS) is 17.2. The Morgan fingerprint density at radius 2 is 2.25 bits per heavy atom. The molecule has 2 N–H and O–H groups in total. The molecule has 1 aliphatic rings. The van der Waals surface area contributed by atoms with Gasteiger partial charge in [0.15, 0.2) is 0 Å². The van der Waals surface area contributed by atoms with Crippen LogP contribution in [0.4, 0.5) is 5.82 Å². The first-order chi connectivity index (χ1) is 13.4. The smallest absolute Gasteiger partial charge is 0.330 e. The molecule has 1 fully saturated rings. The number of unbranched alkanes of at least 4 members (excludes halogenated alkanes) is 1. The van der Waals surface area contributed by atoms with Crippen LogP contribution in [0.15, 0.2) is 18.3 Å². The van der Waals surface area contributed by atoms with Gasteiger partial charge in [0.25, 0.3) is 5.82 Å². The van der Waals surface area contributed by atoms with Crippen molar-refractivity contribution >= 4 is 24.0 Å². The van der Waals surface area contributed by atoms with Crippen LogP contribution < -0.4 is 10.0 Å². The summed E-state index contributed by atoms with van der Waals surface area (Å²) in [4.78, 5) is 38.0. The van der Waals surface area contributed by atoms with Gasteiger partial charge in [0, 0.05) is 12.6 Å². The SMILES string of the molecule is CCCC[C@H](CN(O)C=O)C(=O)N1CCC[C@H]1C(=O)Nc1ccc(C)c[n+]1[O-]. The molecule has 0 unspecified atom stereocenters. The van der Waals surface area contributed by atoms with Crippen LogP contribution in [0, 0.1) is 18.0 Å². The first kappa shape index (κ1) is 21.6. The molecule has 0 saturated carbocycles. The molecule has 0 radical (unpaired) electrons. The Labute approximate surface area is 164 Å². The van der Waals surface area contributed by atoms with E-state index in [-0.39, 0.29) is 24.7 Å². The zero-order valence-corrected chi connectivity index (χ0v) is 16.3. The van der Waals surface area contributed by atoms with E-state index in [1.807, 2.05) is 6.92 Å². The number of likely N-dealkylation sites (tertiary alicyclic amines) is 1. The first-order valence-electron chi connectivity index (χ1n) is 9.59. The van der Waals surface area contributed by atoms with E-state index in [0.717, 1.165) is 18.4 Å². The van der Waals surface area contributed by atoms with E-state index in [1.165, 1.54) is 17.2 Å². The molecule has 1 aromatic heterocycles. The summed E-state index contributed by atoms with van der Waals surface area (Å²) in [6.07, 6.45) is 4.97. The number of nitrogens with zero attached hydrogens (tertiary/aromatic N) is 3. The minimum atomic E-state index is -0.679. The van der Waals surface area contributed by atoms with E-state index in [2.05, 4.69) is 5.32 Å². The van der Waals surface area contributed by atoms with Gasteiger partial charge in [0.05, 0.1) is 18.7 Å². The Bertz CT molecular complexity index is 712. The predicted molar refractivity (Wildman–Crippen MR) is 101 cm³/mol. The number of pyridine rings is 1. The van der Waals surface area contributed by atoms with Gasteiger partial charge < -0.3 is 10.1 Å². The van der Waals surface area contributed by atoms with Crippen LogP contribution in [-0.2, 0) is 14.4 Å². The standard InChI is InChI=1S/C19H28N4O5/c1-3-4-6-15(12-21(27)13-24)19(26)22-10-5-7-16(22)18(25)20-17-9-8-14(2)11-23(17)28/h8-9,11,13,15-16,27H,3-7,10,12H2,1-2H3,(H,20,25)/t15-,16+/m1/s1. The fourth-order valence-electron chi connectivity index (χ4n) is 3.44. The summed E-state index contributed by atoms with van der Waals surface area (Å²) in [6, 6.07) is 2.57. The molecule has 1 aromatic rings. The van der Waals surface area contributed by atoms with Crippen molar-refractivity contribution < 1.29 is 24.3 Å². The lowest BCUT2D eigenvalue weighted by Gasteiger charge is -2.28. The second-order valence-corrected chi connectivity index (χ2v) is 7.16. The summed E-state index contributed by atoms with van der Waals surface area (Å²) < 4.78 is 0.589. The van der Waals surface area contributed by atoms with Crippen molar-refractivity contribution in [3.05, 3.63) is 29.1 Å². The number of anilines is 1. The summed E-state index contributed by atoms with van der Waals surface area (Å²) in [7, 11) is 0. The van der Waals surface area contributed by atoms with Gasteiger partial charge in [0.1, 0.15) is 6.04 Å². The van der Waals surface area contributed by atoms with Crippen LogP contribution in [-0.4, -0.2) is 52.5 Å². The van der Waals surface area contributed by atoms with Crippen LogP contribution in [0.25, 0.3) is 0 Å². The fourth-order valence-corrected chi connectivity index (χ4v) is 3.44. The van der Waals surface area contributed by atoms with E-state index in [0.29, 0.717) is 35.6 Å². The van der Waals surface area contributed by atoms with Gasteiger partial charge in [-0.15, -0.1) is 0 Å². The maximum absolute atomic E-state index is 13.0. The van der Waals surface area contributed by atoms with Gasteiger partial charge in [-0.05, 0) is 37.8 Å². The second kappa shape index (κ2) is 10.0. The Morgan fingerprint density at radius 3 is 2.89 bits per heavy atom. The fraction of sp³-hybridized carbons (Fsp3) is 0.579.